The lowest BCUT2D eigenvalue weighted by Gasteiger charge is -2.10. The topological polar surface area (TPSA) is 229 Å². The van der Waals surface area contributed by atoms with Gasteiger partial charge in [0.15, 0.2) is 34.6 Å². The molecule has 0 aliphatic heterocycles. The molecule has 0 aliphatic rings. The van der Waals surface area contributed by atoms with Crippen LogP contribution >= 0.6 is 0 Å². The van der Waals surface area contributed by atoms with Crippen LogP contribution in [0, 0.1) is 0 Å². The Kier molecular flexibility index (Phi) is 17.4. The number of benzene rings is 6. The van der Waals surface area contributed by atoms with Gasteiger partial charge in [-0.15, -0.1) is 0 Å². The molecule has 6 aromatic rings. The third kappa shape index (κ3) is 14.9. The lowest BCUT2D eigenvalue weighted by molar-refractivity contribution is -0.135. The average Bonchev–Trinajstić information content (AvgIpc) is 3.36. The zero-order chi connectivity index (χ0) is 49.1. The van der Waals surface area contributed by atoms with Crippen molar-refractivity contribution in [2.45, 2.75) is 32.1 Å². The molecule has 0 heterocycles. The summed E-state index contributed by atoms with van der Waals surface area (Å²) >= 11 is 0. The number of allylic oxidation sites excluding steroid dienone is 2. The summed E-state index contributed by atoms with van der Waals surface area (Å²) in [5.74, 6) is -3.17. The van der Waals surface area contributed by atoms with E-state index in [-0.39, 0.29) is 47.0 Å². The third-order valence-electron chi connectivity index (χ3n) is 10.0. The lowest BCUT2D eigenvalue weighted by atomic mass is 10.1. The molecule has 6 rings (SSSR count). The Balaban J connectivity index is 0.960. The van der Waals surface area contributed by atoms with Gasteiger partial charge in [0.2, 0.25) is 0 Å². The predicted molar refractivity (Wildman–Crippen MR) is 255 cm³/mol. The Morgan fingerprint density at radius 1 is 0.478 bits per heavy atom. The minimum absolute atomic E-state index is 0.0164. The number of carbonyl (C=O) groups is 6. The number of aromatic carboxylic acids is 2. The van der Waals surface area contributed by atoms with Gasteiger partial charge in [-0.2, -0.15) is 20.5 Å². The van der Waals surface area contributed by atoms with Gasteiger partial charge in [-0.05, 0) is 132 Å². The first kappa shape index (κ1) is 49.3. The smallest absolute Gasteiger partial charge is 0.335 e. The van der Waals surface area contributed by atoms with Crippen LogP contribution in [0.1, 0.15) is 62.2 Å². The van der Waals surface area contributed by atoms with Crippen molar-refractivity contribution in [1.82, 2.24) is 0 Å². The van der Waals surface area contributed by atoms with E-state index in [0.717, 1.165) is 11.1 Å². The van der Waals surface area contributed by atoms with Crippen molar-refractivity contribution in [3.8, 4) is 23.0 Å². The Hall–Kier alpha value is -9.18. The molecule has 0 spiro atoms. The highest BCUT2D eigenvalue weighted by atomic mass is 16.6. The van der Waals surface area contributed by atoms with E-state index in [2.05, 4.69) is 20.5 Å². The Morgan fingerprint density at radius 2 is 0.870 bits per heavy atom. The van der Waals surface area contributed by atoms with Crippen molar-refractivity contribution in [3.63, 3.8) is 0 Å². The van der Waals surface area contributed by atoms with Gasteiger partial charge in [0.1, 0.15) is 0 Å². The molecule has 0 fully saturated rings. The van der Waals surface area contributed by atoms with Crippen LogP contribution in [0.2, 0.25) is 0 Å². The van der Waals surface area contributed by atoms with Gasteiger partial charge >= 0.3 is 23.9 Å². The molecule has 0 aliphatic carbocycles. The first-order chi connectivity index (χ1) is 33.4. The first-order valence-corrected chi connectivity index (χ1v) is 21.2. The van der Waals surface area contributed by atoms with E-state index in [1.807, 2.05) is 24.3 Å². The van der Waals surface area contributed by atoms with E-state index in [1.54, 1.807) is 72.8 Å². The van der Waals surface area contributed by atoms with Crippen molar-refractivity contribution in [2.75, 3.05) is 14.2 Å². The van der Waals surface area contributed by atoms with E-state index in [1.165, 1.54) is 74.9 Å². The molecule has 0 amide bonds. The summed E-state index contributed by atoms with van der Waals surface area (Å²) in [5.41, 5.74) is 4.92. The Bertz CT molecular complexity index is 2780. The van der Waals surface area contributed by atoms with Crippen molar-refractivity contribution >= 4 is 70.3 Å². The number of esters is 2. The molecule has 16 nitrogen and oxygen atoms in total. The number of carbonyl (C=O) groups excluding carboxylic acids is 4. The second kappa shape index (κ2) is 24.4. The number of carboxylic acids is 2. The van der Waals surface area contributed by atoms with Gasteiger partial charge in [0.05, 0.1) is 67.4 Å². The van der Waals surface area contributed by atoms with Gasteiger partial charge in [0.25, 0.3) is 0 Å². The molecule has 0 radical (unpaired) electrons. The average molecular weight is 929 g/mol. The molecule has 0 saturated heterocycles. The molecule has 16 heteroatoms. The first-order valence-electron chi connectivity index (χ1n) is 21.2. The van der Waals surface area contributed by atoms with Gasteiger partial charge in [-0.25, -0.2) is 9.59 Å². The van der Waals surface area contributed by atoms with E-state index in [9.17, 15) is 28.8 Å². The number of ketones is 2. The van der Waals surface area contributed by atoms with Crippen molar-refractivity contribution in [3.05, 3.63) is 179 Å². The molecular formula is C53H44N4O12. The number of ether oxygens (including phenoxy) is 4. The molecule has 0 bridgehead atoms. The van der Waals surface area contributed by atoms with E-state index >= 15 is 0 Å². The largest absolute Gasteiger partial charge is 0.493 e. The molecule has 0 aromatic heterocycles. The zero-order valence-electron chi connectivity index (χ0n) is 37.3. The fourth-order valence-electron chi connectivity index (χ4n) is 6.44. The molecule has 348 valence electrons. The highest BCUT2D eigenvalue weighted by Crippen LogP contribution is 2.32. The van der Waals surface area contributed by atoms with Crippen molar-refractivity contribution in [1.29, 1.82) is 0 Å². The Morgan fingerprint density at radius 3 is 1.25 bits per heavy atom. The van der Waals surface area contributed by atoms with Gasteiger partial charge in [-0.3, -0.25) is 19.2 Å². The second-order valence-electron chi connectivity index (χ2n) is 14.9. The van der Waals surface area contributed by atoms with E-state index < -0.39 is 41.9 Å². The maximum Gasteiger partial charge on any atom is 0.335 e. The summed E-state index contributed by atoms with van der Waals surface area (Å²) in [6.45, 7) is 0. The molecule has 0 atom stereocenters. The standard InChI is InChI=1S/C53H44N4O12/c1-66-48-31-34(13-27-46(48)68-50(60)29-19-36-7-3-5-9-44(36)56-54-40-21-15-38(16-22-40)52(62)63)11-25-42(58)33-43(59)26-12-35-14-28-47(49(32-35)67-2)69-51(61)30-20-37-8-4-6-10-45(37)57-55-41-23-17-39(18-24-41)53(64)65/h3-18,21-28,31-32H,19-20,29-30,33H2,1-2H3,(H,62,63)(H,64,65)/b25-11+,26-12+,56-54+,57-55+. The molecule has 6 aromatic carbocycles. The van der Waals surface area contributed by atoms with Crippen LogP contribution in [0.5, 0.6) is 23.0 Å². The highest BCUT2D eigenvalue weighted by molar-refractivity contribution is 6.11. The number of methoxy groups -OCH3 is 2. The number of azo groups is 2. The summed E-state index contributed by atoms with van der Waals surface area (Å²) < 4.78 is 22.1. The van der Waals surface area contributed by atoms with Crippen LogP contribution in [-0.2, 0) is 32.0 Å². The molecule has 69 heavy (non-hydrogen) atoms. The van der Waals surface area contributed by atoms with Crippen LogP contribution in [0.3, 0.4) is 0 Å². The van der Waals surface area contributed by atoms with Crippen LogP contribution in [0.25, 0.3) is 12.2 Å². The zero-order valence-corrected chi connectivity index (χ0v) is 37.3. The fraction of sp³-hybridized carbons (Fsp3) is 0.132. The van der Waals surface area contributed by atoms with Crippen molar-refractivity contribution < 1.29 is 57.9 Å². The summed E-state index contributed by atoms with van der Waals surface area (Å²) in [4.78, 5) is 73.5. The maximum atomic E-state index is 12.9. The van der Waals surface area contributed by atoms with E-state index in [4.69, 9.17) is 29.2 Å². The summed E-state index contributed by atoms with van der Waals surface area (Å²) in [6, 6.07) is 35.8. The summed E-state index contributed by atoms with van der Waals surface area (Å²) in [6.07, 6.45) is 5.80. The number of hydrogen-bond acceptors (Lipinski definition) is 14. The van der Waals surface area contributed by atoms with Crippen LogP contribution in [0.15, 0.2) is 166 Å². The van der Waals surface area contributed by atoms with Gasteiger partial charge in [0, 0.05) is 0 Å². The third-order valence-corrected chi connectivity index (χ3v) is 10.0. The van der Waals surface area contributed by atoms with E-state index in [0.29, 0.717) is 46.7 Å². The van der Waals surface area contributed by atoms with Crippen molar-refractivity contribution in [2.24, 2.45) is 20.5 Å². The van der Waals surface area contributed by atoms with Crippen LogP contribution in [0.4, 0.5) is 22.7 Å². The molecular weight excluding hydrogens is 885 g/mol. The van der Waals surface area contributed by atoms with Gasteiger partial charge < -0.3 is 29.2 Å². The predicted octanol–water partition coefficient (Wildman–Crippen LogP) is 11.3. The molecule has 0 saturated carbocycles. The number of nitrogens with zero attached hydrogens (tertiary/aromatic N) is 4. The summed E-state index contributed by atoms with van der Waals surface area (Å²) in [7, 11) is 2.83. The maximum absolute atomic E-state index is 12.9. The fourth-order valence-corrected chi connectivity index (χ4v) is 6.44. The minimum atomic E-state index is -1.04. The normalized spacial score (nSPS) is 11.3. The minimum Gasteiger partial charge on any atom is -0.493 e. The number of aryl methyl sites for hydroxylation is 2. The summed E-state index contributed by atoms with van der Waals surface area (Å²) in [5, 5.41) is 35.1. The number of rotatable bonds is 22. The number of carboxylic acid groups (broad SMARTS) is 2. The van der Waals surface area contributed by atoms with Crippen LogP contribution in [-0.4, -0.2) is 59.9 Å². The lowest BCUT2D eigenvalue weighted by Crippen LogP contribution is -2.10. The monoisotopic (exact) mass is 928 g/mol. The second-order valence-corrected chi connectivity index (χ2v) is 14.9. The highest BCUT2D eigenvalue weighted by Gasteiger charge is 2.15. The Labute approximate surface area is 395 Å². The van der Waals surface area contributed by atoms with Gasteiger partial charge in [-0.1, -0.05) is 60.7 Å². The number of hydrogen-bond donors (Lipinski definition) is 2. The molecule has 0 unspecified atom stereocenters. The SMILES string of the molecule is COc1cc(/C=C/C(=O)CC(=O)/C=C/c2ccc(OC(=O)CCc3ccccc3/N=N/c3ccc(C(=O)O)cc3)c(OC)c2)ccc1OC(=O)CCc1ccccc1/N=N/c1ccc(C(=O)O)cc1. The van der Waals surface area contributed by atoms with Crippen LogP contribution < -0.4 is 18.9 Å². The quantitative estimate of drug-likeness (QED) is 0.0213. The molecule has 2 N–H and O–H groups in total.